The maximum atomic E-state index is 12.8. The van der Waals surface area contributed by atoms with E-state index in [9.17, 15) is 8.42 Å². The molecule has 1 heterocycles. The van der Waals surface area contributed by atoms with Crippen LogP contribution in [0, 0.1) is 0 Å². The molecular weight excluding hydrogens is 272 g/mol. The lowest BCUT2D eigenvalue weighted by Crippen LogP contribution is -2.38. The molecule has 2 aromatic carbocycles. The predicted molar refractivity (Wildman–Crippen MR) is 79.9 cm³/mol. The van der Waals surface area contributed by atoms with Crippen molar-refractivity contribution >= 4 is 27.2 Å². The van der Waals surface area contributed by atoms with Gasteiger partial charge in [0.05, 0.1) is 11.4 Å². The first-order chi connectivity index (χ1) is 9.64. The minimum atomic E-state index is -3.59. The van der Waals surface area contributed by atoms with Crippen LogP contribution in [0.15, 0.2) is 64.5 Å². The Bertz CT molecular complexity index is 767. The van der Waals surface area contributed by atoms with Crippen molar-refractivity contribution in [3.05, 3.63) is 54.6 Å². The Kier molecular flexibility index (Phi) is 3.06. The molecule has 2 aromatic rings. The molecular formula is C15H14N2O2S. The van der Waals surface area contributed by atoms with Gasteiger partial charge in [-0.1, -0.05) is 37.3 Å². The van der Waals surface area contributed by atoms with E-state index in [1.807, 2.05) is 25.1 Å². The van der Waals surface area contributed by atoms with Crippen LogP contribution >= 0.6 is 0 Å². The highest BCUT2D eigenvalue weighted by atomic mass is 32.2. The fourth-order valence-electron chi connectivity index (χ4n) is 2.26. The highest BCUT2D eigenvalue weighted by Crippen LogP contribution is 2.35. The first-order valence-electron chi connectivity index (χ1n) is 6.41. The minimum absolute atomic E-state index is 0.251. The Balaban J connectivity index is 2.26. The van der Waals surface area contributed by atoms with Crippen molar-refractivity contribution in [2.75, 3.05) is 4.31 Å². The summed E-state index contributed by atoms with van der Waals surface area (Å²) < 4.78 is 27.0. The molecule has 4 nitrogen and oxygen atoms in total. The van der Waals surface area contributed by atoms with E-state index >= 15 is 0 Å². The predicted octanol–water partition coefficient (Wildman–Crippen LogP) is 3.34. The fourth-order valence-corrected chi connectivity index (χ4v) is 3.93. The smallest absolute Gasteiger partial charge is 0.233 e. The number of anilines is 1. The molecule has 5 heteroatoms. The summed E-state index contributed by atoms with van der Waals surface area (Å²) in [6, 6.07) is 15.9. The molecule has 0 atom stereocenters. The Morgan fingerprint density at radius 1 is 1.00 bits per heavy atom. The van der Waals surface area contributed by atoms with E-state index < -0.39 is 10.0 Å². The molecule has 20 heavy (non-hydrogen) atoms. The summed E-state index contributed by atoms with van der Waals surface area (Å²) in [7, 11) is -3.59. The van der Waals surface area contributed by atoms with E-state index in [4.69, 9.17) is 0 Å². The van der Waals surface area contributed by atoms with Crippen molar-refractivity contribution in [2.45, 2.75) is 18.2 Å². The van der Waals surface area contributed by atoms with Crippen LogP contribution in [0.3, 0.4) is 0 Å². The largest absolute Gasteiger partial charge is 0.271 e. The first-order valence-corrected chi connectivity index (χ1v) is 7.85. The van der Waals surface area contributed by atoms with E-state index in [1.165, 1.54) is 4.31 Å². The fraction of sp³-hybridized carbons (Fsp3) is 0.133. The molecule has 0 spiro atoms. The van der Waals surface area contributed by atoms with Gasteiger partial charge in [0, 0.05) is 6.42 Å². The second-order valence-electron chi connectivity index (χ2n) is 4.45. The summed E-state index contributed by atoms with van der Waals surface area (Å²) in [5, 5.41) is 0. The summed E-state index contributed by atoms with van der Waals surface area (Å²) in [5.41, 5.74) is 1.12. The van der Waals surface area contributed by atoms with Gasteiger partial charge in [0.2, 0.25) is 0 Å². The molecule has 1 aliphatic rings. The molecule has 1 aliphatic heterocycles. The molecule has 0 radical (unpaired) electrons. The van der Waals surface area contributed by atoms with Crippen LogP contribution in [-0.4, -0.2) is 14.3 Å². The number of sulfonamides is 1. The second kappa shape index (κ2) is 4.76. The Morgan fingerprint density at radius 3 is 2.35 bits per heavy atom. The van der Waals surface area contributed by atoms with Crippen molar-refractivity contribution in [3.8, 4) is 0 Å². The highest BCUT2D eigenvalue weighted by molar-refractivity contribution is 7.93. The van der Waals surface area contributed by atoms with E-state index in [0.29, 0.717) is 23.6 Å². The van der Waals surface area contributed by atoms with Crippen LogP contribution in [0.4, 0.5) is 11.4 Å². The van der Waals surface area contributed by atoms with E-state index in [-0.39, 0.29) is 4.90 Å². The van der Waals surface area contributed by atoms with Gasteiger partial charge in [-0.25, -0.2) is 17.7 Å². The number of nitrogens with zero attached hydrogens (tertiary/aromatic N) is 2. The van der Waals surface area contributed by atoms with Gasteiger partial charge in [-0.15, -0.1) is 0 Å². The molecule has 102 valence electrons. The average molecular weight is 286 g/mol. The van der Waals surface area contributed by atoms with Crippen LogP contribution in [-0.2, 0) is 10.0 Å². The van der Waals surface area contributed by atoms with Gasteiger partial charge in [-0.3, -0.25) is 0 Å². The number of aliphatic imine (C=N–C) groups is 1. The summed E-state index contributed by atoms with van der Waals surface area (Å²) in [5.74, 6) is 0.537. The molecule has 0 aromatic heterocycles. The number of fused-ring (bicyclic) bond motifs is 1. The van der Waals surface area contributed by atoms with Crippen molar-refractivity contribution < 1.29 is 8.42 Å². The van der Waals surface area contributed by atoms with Gasteiger partial charge in [-0.2, -0.15) is 0 Å². The number of hydrogen-bond acceptors (Lipinski definition) is 3. The second-order valence-corrected chi connectivity index (χ2v) is 6.21. The number of para-hydroxylation sites is 2. The van der Waals surface area contributed by atoms with Crippen molar-refractivity contribution in [1.29, 1.82) is 0 Å². The zero-order chi connectivity index (χ0) is 14.2. The van der Waals surface area contributed by atoms with Gasteiger partial charge in [-0.05, 0) is 24.3 Å². The van der Waals surface area contributed by atoms with Crippen LogP contribution < -0.4 is 4.31 Å². The molecule has 0 saturated heterocycles. The minimum Gasteiger partial charge on any atom is -0.233 e. The third-order valence-corrected chi connectivity index (χ3v) is 4.98. The van der Waals surface area contributed by atoms with Crippen LogP contribution in [0.2, 0.25) is 0 Å². The monoisotopic (exact) mass is 286 g/mol. The molecule has 0 saturated carbocycles. The quantitative estimate of drug-likeness (QED) is 0.850. The maximum absolute atomic E-state index is 12.8. The van der Waals surface area contributed by atoms with Crippen molar-refractivity contribution in [3.63, 3.8) is 0 Å². The van der Waals surface area contributed by atoms with Crippen molar-refractivity contribution in [2.24, 2.45) is 4.99 Å². The zero-order valence-electron chi connectivity index (χ0n) is 11.0. The number of benzene rings is 2. The zero-order valence-corrected chi connectivity index (χ0v) is 11.8. The number of rotatable bonds is 2. The topological polar surface area (TPSA) is 49.7 Å². The lowest BCUT2D eigenvalue weighted by Gasteiger charge is -2.29. The van der Waals surface area contributed by atoms with Crippen LogP contribution in [0.25, 0.3) is 0 Å². The van der Waals surface area contributed by atoms with Gasteiger partial charge in [0.15, 0.2) is 0 Å². The van der Waals surface area contributed by atoms with Gasteiger partial charge >= 0.3 is 0 Å². The average Bonchev–Trinajstić information content (AvgIpc) is 2.47. The van der Waals surface area contributed by atoms with E-state index in [1.54, 1.807) is 36.4 Å². The Labute approximate surface area is 118 Å². The number of hydrogen-bond donors (Lipinski definition) is 0. The van der Waals surface area contributed by atoms with Crippen molar-refractivity contribution in [1.82, 2.24) is 0 Å². The van der Waals surface area contributed by atoms with E-state index in [0.717, 1.165) is 0 Å². The molecule has 0 N–H and O–H groups in total. The van der Waals surface area contributed by atoms with Gasteiger partial charge in [0.1, 0.15) is 10.7 Å². The maximum Gasteiger partial charge on any atom is 0.271 e. The highest BCUT2D eigenvalue weighted by Gasteiger charge is 2.34. The molecule has 0 amide bonds. The Hall–Kier alpha value is -2.14. The number of amidine groups is 1. The molecule has 0 unspecified atom stereocenters. The summed E-state index contributed by atoms with van der Waals surface area (Å²) in [4.78, 5) is 4.73. The van der Waals surface area contributed by atoms with Crippen LogP contribution in [0.1, 0.15) is 13.3 Å². The standard InChI is InChI=1S/C15H14N2O2S/c1-2-15-16-13-10-6-7-11-14(13)20(18,19)17(15)12-8-4-3-5-9-12/h3-11H,2H2,1H3. The molecule has 0 bridgehead atoms. The van der Waals surface area contributed by atoms with Crippen LogP contribution in [0.5, 0.6) is 0 Å². The molecule has 0 aliphatic carbocycles. The SMILES string of the molecule is CCC1=Nc2ccccc2S(=O)(=O)N1c1ccccc1. The normalized spacial score (nSPS) is 16.4. The third kappa shape index (κ3) is 1.91. The lowest BCUT2D eigenvalue weighted by molar-refractivity contribution is 0.596. The molecule has 0 fully saturated rings. The molecule has 3 rings (SSSR count). The lowest BCUT2D eigenvalue weighted by atomic mass is 10.3. The summed E-state index contributed by atoms with van der Waals surface area (Å²) in [6.07, 6.45) is 0.544. The van der Waals surface area contributed by atoms with Gasteiger partial charge < -0.3 is 0 Å². The summed E-state index contributed by atoms with van der Waals surface area (Å²) >= 11 is 0. The van der Waals surface area contributed by atoms with E-state index in [2.05, 4.69) is 4.99 Å². The first kappa shape index (κ1) is 12.9. The van der Waals surface area contributed by atoms with Gasteiger partial charge in [0.25, 0.3) is 10.0 Å². The third-order valence-electron chi connectivity index (χ3n) is 3.17. The Morgan fingerprint density at radius 2 is 1.65 bits per heavy atom. The summed E-state index contributed by atoms with van der Waals surface area (Å²) in [6.45, 7) is 1.90.